The zero-order chi connectivity index (χ0) is 26.1. The van der Waals surface area contributed by atoms with Gasteiger partial charge in [-0.1, -0.05) is 29.5 Å². The minimum atomic E-state index is -0.479. The molecule has 5 rings (SSSR count). The van der Waals surface area contributed by atoms with Gasteiger partial charge in [-0.3, -0.25) is 14.3 Å². The first-order chi connectivity index (χ1) is 17.9. The van der Waals surface area contributed by atoms with Gasteiger partial charge in [-0.05, 0) is 35.9 Å². The van der Waals surface area contributed by atoms with Gasteiger partial charge in [0.15, 0.2) is 5.65 Å². The van der Waals surface area contributed by atoms with Crippen LogP contribution >= 0.6 is 0 Å². The number of esters is 1. The summed E-state index contributed by atoms with van der Waals surface area (Å²) in [5.74, 6) is -0.678. The second-order valence-electron chi connectivity index (χ2n) is 8.49. The molecule has 0 fully saturated rings. The van der Waals surface area contributed by atoms with Crippen LogP contribution in [-0.4, -0.2) is 60.5 Å². The number of nitrogens with zero attached hydrogens (tertiary/aromatic N) is 6. The lowest BCUT2D eigenvalue weighted by molar-refractivity contribution is 0.0600. The smallest absolute Gasteiger partial charge is 0.340 e. The van der Waals surface area contributed by atoms with Gasteiger partial charge < -0.3 is 9.64 Å². The summed E-state index contributed by atoms with van der Waals surface area (Å²) in [6.07, 6.45) is 3.33. The van der Waals surface area contributed by atoms with Gasteiger partial charge in [0, 0.05) is 31.4 Å². The van der Waals surface area contributed by atoms with E-state index in [0.717, 1.165) is 11.1 Å². The Kier molecular flexibility index (Phi) is 6.10. The molecule has 0 aliphatic carbocycles. The lowest BCUT2D eigenvalue weighted by Gasteiger charge is -2.16. The highest BCUT2D eigenvalue weighted by atomic mass is 16.5. The fourth-order valence-corrected chi connectivity index (χ4v) is 4.07. The topological polar surface area (TPSA) is 128 Å². The lowest BCUT2D eigenvalue weighted by Crippen LogP contribution is -2.26. The first-order valence-electron chi connectivity index (χ1n) is 11.4. The number of hydrogen-bond donors (Lipinski definition) is 1. The molecular formula is C26H23N7O4. The van der Waals surface area contributed by atoms with Gasteiger partial charge in [-0.25, -0.2) is 19.3 Å². The maximum Gasteiger partial charge on any atom is 0.340 e. The molecular weight excluding hydrogens is 474 g/mol. The molecule has 11 heteroatoms. The van der Waals surface area contributed by atoms with Gasteiger partial charge in [-0.15, -0.1) is 5.10 Å². The van der Waals surface area contributed by atoms with Crippen LogP contribution in [0.5, 0.6) is 0 Å². The van der Waals surface area contributed by atoms with E-state index >= 15 is 0 Å². The van der Waals surface area contributed by atoms with Crippen LogP contribution in [0.2, 0.25) is 0 Å². The second kappa shape index (κ2) is 9.53. The normalized spacial score (nSPS) is 11.0. The Morgan fingerprint density at radius 3 is 2.70 bits per heavy atom. The number of fused-ring (bicyclic) bond motifs is 1. The molecule has 186 valence electrons. The third-order valence-corrected chi connectivity index (χ3v) is 6.04. The minimum Gasteiger partial charge on any atom is -0.465 e. The summed E-state index contributed by atoms with van der Waals surface area (Å²) < 4.78 is 7.82. The molecule has 1 amide bonds. The number of para-hydroxylation sites is 1. The predicted octanol–water partition coefficient (Wildman–Crippen LogP) is 2.57. The highest BCUT2D eigenvalue weighted by molar-refractivity contribution is 5.95. The van der Waals surface area contributed by atoms with Crippen molar-refractivity contribution in [2.45, 2.75) is 6.54 Å². The Morgan fingerprint density at radius 1 is 1.08 bits per heavy atom. The van der Waals surface area contributed by atoms with E-state index in [2.05, 4.69) is 20.3 Å². The van der Waals surface area contributed by atoms with Crippen molar-refractivity contribution in [1.29, 1.82) is 0 Å². The van der Waals surface area contributed by atoms with Gasteiger partial charge >= 0.3 is 11.7 Å². The maximum absolute atomic E-state index is 13.2. The number of pyridine rings is 1. The van der Waals surface area contributed by atoms with Crippen LogP contribution in [-0.2, 0) is 18.3 Å². The summed E-state index contributed by atoms with van der Waals surface area (Å²) in [6.45, 7) is 0.211. The predicted molar refractivity (Wildman–Crippen MR) is 135 cm³/mol. The van der Waals surface area contributed by atoms with E-state index < -0.39 is 5.97 Å². The van der Waals surface area contributed by atoms with E-state index in [1.807, 2.05) is 12.1 Å². The summed E-state index contributed by atoms with van der Waals surface area (Å²) in [5, 5.41) is 8.29. The van der Waals surface area contributed by atoms with E-state index in [1.54, 1.807) is 69.0 Å². The summed E-state index contributed by atoms with van der Waals surface area (Å²) in [7, 11) is 4.67. The number of H-pyrrole nitrogens is 1. The van der Waals surface area contributed by atoms with Crippen LogP contribution in [0.1, 0.15) is 26.4 Å². The summed E-state index contributed by atoms with van der Waals surface area (Å²) in [6, 6.07) is 16.0. The van der Waals surface area contributed by atoms with E-state index in [1.165, 1.54) is 21.3 Å². The number of carbonyl (C=O) groups is 2. The molecule has 0 unspecified atom stereocenters. The number of aromatic amines is 1. The molecule has 0 radical (unpaired) electrons. The Hall–Kier alpha value is -5.06. The van der Waals surface area contributed by atoms with Crippen LogP contribution in [0.4, 0.5) is 0 Å². The molecule has 0 spiro atoms. The van der Waals surface area contributed by atoms with Gasteiger partial charge in [-0.2, -0.15) is 0 Å². The monoisotopic (exact) mass is 497 g/mol. The van der Waals surface area contributed by atoms with Crippen molar-refractivity contribution >= 4 is 23.0 Å². The number of methoxy groups -OCH3 is 1. The maximum atomic E-state index is 13.2. The van der Waals surface area contributed by atoms with Crippen LogP contribution < -0.4 is 5.69 Å². The largest absolute Gasteiger partial charge is 0.465 e. The zero-order valence-electron chi connectivity index (χ0n) is 20.4. The van der Waals surface area contributed by atoms with E-state index in [0.29, 0.717) is 33.7 Å². The van der Waals surface area contributed by atoms with Crippen LogP contribution in [0.3, 0.4) is 0 Å². The molecule has 0 saturated heterocycles. The molecule has 37 heavy (non-hydrogen) atoms. The molecule has 2 aromatic carbocycles. The number of rotatable bonds is 6. The molecule has 0 aliphatic heterocycles. The minimum absolute atomic E-state index is 0.200. The standard InChI is InChI=1S/C26H23N7O4/c1-31(14-19-15-33(30-29-19)21-10-5-4-9-20(21)25(35)37-3)24(34)17-8-6-7-16(11-17)18-12-22-23(27-13-18)28-26(36)32(22)2/h4-13,15H,14H2,1-3H3,(H,27,28,36). The van der Waals surface area contributed by atoms with Crippen molar-refractivity contribution in [2.75, 3.05) is 14.2 Å². The van der Waals surface area contributed by atoms with Crippen molar-refractivity contribution in [1.82, 2.24) is 34.4 Å². The Morgan fingerprint density at radius 2 is 1.89 bits per heavy atom. The third kappa shape index (κ3) is 4.49. The van der Waals surface area contributed by atoms with E-state index in [4.69, 9.17) is 4.74 Å². The Bertz CT molecular complexity index is 1700. The number of benzene rings is 2. The van der Waals surface area contributed by atoms with Gasteiger partial charge in [0.2, 0.25) is 0 Å². The van der Waals surface area contributed by atoms with Crippen molar-refractivity contribution < 1.29 is 14.3 Å². The number of ether oxygens (including phenoxy) is 1. The van der Waals surface area contributed by atoms with Crippen LogP contribution in [0.25, 0.3) is 28.0 Å². The van der Waals surface area contributed by atoms with E-state index in [9.17, 15) is 14.4 Å². The fourth-order valence-electron chi connectivity index (χ4n) is 4.07. The van der Waals surface area contributed by atoms with Crippen LogP contribution in [0, 0.1) is 0 Å². The Balaban J connectivity index is 1.36. The van der Waals surface area contributed by atoms with Crippen molar-refractivity contribution in [3.05, 3.63) is 94.3 Å². The molecule has 5 aromatic rings. The number of nitrogens with one attached hydrogen (secondary N) is 1. The molecule has 3 heterocycles. The van der Waals surface area contributed by atoms with Crippen molar-refractivity contribution in [2.24, 2.45) is 7.05 Å². The Labute approximate surface area is 210 Å². The molecule has 3 aromatic heterocycles. The molecule has 11 nitrogen and oxygen atoms in total. The first-order valence-corrected chi connectivity index (χ1v) is 11.4. The van der Waals surface area contributed by atoms with E-state index in [-0.39, 0.29) is 18.1 Å². The molecule has 0 bridgehead atoms. The molecule has 0 atom stereocenters. The molecule has 0 aliphatic rings. The first kappa shape index (κ1) is 23.7. The average molecular weight is 498 g/mol. The van der Waals surface area contributed by atoms with Gasteiger partial charge in [0.25, 0.3) is 5.91 Å². The quantitative estimate of drug-likeness (QED) is 0.357. The van der Waals surface area contributed by atoms with Gasteiger partial charge in [0.1, 0.15) is 5.69 Å². The SMILES string of the molecule is COC(=O)c1ccccc1-n1cc(CN(C)C(=O)c2cccc(-c3cnc4[nH]c(=O)n(C)c4c3)c2)nn1. The lowest BCUT2D eigenvalue weighted by atomic mass is 10.0. The number of amides is 1. The number of aryl methyl sites for hydroxylation is 1. The number of carbonyl (C=O) groups excluding carboxylic acids is 2. The zero-order valence-corrected chi connectivity index (χ0v) is 20.4. The van der Waals surface area contributed by atoms with Crippen LogP contribution in [0.15, 0.2) is 71.8 Å². The highest BCUT2D eigenvalue weighted by Gasteiger charge is 2.17. The summed E-state index contributed by atoms with van der Waals surface area (Å²) in [5.41, 5.74) is 4.45. The number of hydrogen-bond acceptors (Lipinski definition) is 7. The average Bonchev–Trinajstić information content (AvgIpc) is 3.51. The van der Waals surface area contributed by atoms with Crippen molar-refractivity contribution in [3.8, 4) is 16.8 Å². The van der Waals surface area contributed by atoms with Crippen molar-refractivity contribution in [3.63, 3.8) is 0 Å². The number of imidazole rings is 1. The third-order valence-electron chi connectivity index (χ3n) is 6.04. The van der Waals surface area contributed by atoms with Gasteiger partial charge in [0.05, 0.1) is 36.6 Å². The summed E-state index contributed by atoms with van der Waals surface area (Å²) >= 11 is 0. The highest BCUT2D eigenvalue weighted by Crippen LogP contribution is 2.23. The second-order valence-corrected chi connectivity index (χ2v) is 8.49. The fraction of sp³-hybridized carbons (Fsp3) is 0.154. The molecule has 1 N–H and O–H groups in total. The summed E-state index contributed by atoms with van der Waals surface area (Å²) in [4.78, 5) is 45.8. The molecule has 0 saturated carbocycles. The number of aromatic nitrogens is 6.